The first kappa shape index (κ1) is 14.7. The number of carbonyl (C=O) groups is 1. The van der Waals surface area contributed by atoms with Gasteiger partial charge in [0.15, 0.2) is 5.69 Å². The van der Waals surface area contributed by atoms with Crippen molar-refractivity contribution < 1.29 is 13.9 Å². The van der Waals surface area contributed by atoms with Gasteiger partial charge >= 0.3 is 5.97 Å². The molecule has 0 N–H and O–H groups in total. The molecule has 3 aromatic rings. The van der Waals surface area contributed by atoms with Crippen molar-refractivity contribution in [2.75, 3.05) is 6.61 Å². The minimum absolute atomic E-state index is 0.267. The number of hydrogen-bond donors (Lipinski definition) is 0. The van der Waals surface area contributed by atoms with Crippen molar-refractivity contribution >= 4 is 32.8 Å². The quantitative estimate of drug-likeness (QED) is 0.658. The molecule has 0 spiro atoms. The summed E-state index contributed by atoms with van der Waals surface area (Å²) in [5.74, 6) is -0.812. The lowest BCUT2D eigenvalue weighted by Gasteiger charge is -2.07. The summed E-state index contributed by atoms with van der Waals surface area (Å²) in [6.45, 7) is 2.01. The van der Waals surface area contributed by atoms with Gasteiger partial charge in [0.1, 0.15) is 5.82 Å². The zero-order valence-electron chi connectivity index (χ0n) is 11.7. The van der Waals surface area contributed by atoms with Crippen LogP contribution in [0.25, 0.3) is 16.6 Å². The largest absolute Gasteiger partial charge is 0.461 e. The highest BCUT2D eigenvalue weighted by Crippen LogP contribution is 2.26. The maximum absolute atomic E-state index is 13.1. The average Bonchev–Trinajstić information content (AvgIpc) is 2.86. The van der Waals surface area contributed by atoms with Gasteiger partial charge in [0.25, 0.3) is 0 Å². The van der Waals surface area contributed by atoms with Crippen molar-refractivity contribution in [2.45, 2.75) is 6.92 Å². The predicted molar refractivity (Wildman–Crippen MR) is 84.7 cm³/mol. The molecule has 0 fully saturated rings. The molecule has 1 aromatic heterocycles. The van der Waals surface area contributed by atoms with E-state index in [1.807, 2.05) is 18.2 Å². The minimum atomic E-state index is -0.465. The highest BCUT2D eigenvalue weighted by atomic mass is 79.9. The van der Waals surface area contributed by atoms with Gasteiger partial charge in [-0.15, -0.1) is 0 Å². The standard InChI is InChI=1S/C16H12BrFN2O2/c1-2-22-16(21)15-13-9-10(17)3-8-14(13)19-20(15)12-6-4-11(18)5-7-12/h3-9H,2H2,1H3. The third-order valence-corrected chi connectivity index (χ3v) is 3.67. The Balaban J connectivity index is 2.26. The summed E-state index contributed by atoms with van der Waals surface area (Å²) in [4.78, 5) is 12.3. The van der Waals surface area contributed by atoms with E-state index in [0.717, 1.165) is 4.47 Å². The number of nitrogens with zero attached hydrogens (tertiary/aromatic N) is 2. The fraction of sp³-hybridized carbons (Fsp3) is 0.125. The predicted octanol–water partition coefficient (Wildman–Crippen LogP) is 4.10. The van der Waals surface area contributed by atoms with Gasteiger partial charge in [0, 0.05) is 9.86 Å². The Morgan fingerprint density at radius 1 is 1.27 bits per heavy atom. The van der Waals surface area contributed by atoms with Crippen LogP contribution in [-0.4, -0.2) is 22.4 Å². The summed E-state index contributed by atoms with van der Waals surface area (Å²) >= 11 is 3.39. The third-order valence-electron chi connectivity index (χ3n) is 3.17. The Hall–Kier alpha value is -2.21. The van der Waals surface area contributed by atoms with Gasteiger partial charge in [0.05, 0.1) is 17.8 Å². The van der Waals surface area contributed by atoms with Crippen molar-refractivity contribution in [1.29, 1.82) is 0 Å². The minimum Gasteiger partial charge on any atom is -0.461 e. The summed E-state index contributed by atoms with van der Waals surface area (Å²) in [5, 5.41) is 5.11. The number of halogens is 2. The highest BCUT2D eigenvalue weighted by Gasteiger charge is 2.21. The van der Waals surface area contributed by atoms with Gasteiger partial charge in [-0.05, 0) is 49.4 Å². The number of carbonyl (C=O) groups excluding carboxylic acids is 1. The van der Waals surface area contributed by atoms with Crippen LogP contribution < -0.4 is 0 Å². The van der Waals surface area contributed by atoms with Crippen LogP contribution in [0.3, 0.4) is 0 Å². The van der Waals surface area contributed by atoms with Crippen molar-refractivity contribution in [1.82, 2.24) is 9.78 Å². The van der Waals surface area contributed by atoms with Crippen LogP contribution in [0.4, 0.5) is 4.39 Å². The molecule has 112 valence electrons. The molecule has 0 unspecified atom stereocenters. The Kier molecular flexibility index (Phi) is 3.94. The van der Waals surface area contributed by atoms with E-state index in [4.69, 9.17) is 4.74 Å². The van der Waals surface area contributed by atoms with E-state index in [9.17, 15) is 9.18 Å². The lowest BCUT2D eigenvalue weighted by molar-refractivity contribution is 0.0518. The molecular weight excluding hydrogens is 351 g/mol. The topological polar surface area (TPSA) is 44.1 Å². The summed E-state index contributed by atoms with van der Waals surface area (Å²) in [6.07, 6.45) is 0. The average molecular weight is 363 g/mol. The number of hydrogen-bond acceptors (Lipinski definition) is 3. The summed E-state index contributed by atoms with van der Waals surface area (Å²) < 4.78 is 20.6. The van der Waals surface area contributed by atoms with Crippen LogP contribution in [0.5, 0.6) is 0 Å². The molecule has 3 rings (SSSR count). The lowest BCUT2D eigenvalue weighted by Crippen LogP contribution is -2.12. The number of aromatic nitrogens is 2. The smallest absolute Gasteiger partial charge is 0.357 e. The van der Waals surface area contributed by atoms with Gasteiger partial charge in [-0.25, -0.2) is 13.9 Å². The fourth-order valence-electron chi connectivity index (χ4n) is 2.22. The lowest BCUT2D eigenvalue weighted by atomic mass is 10.2. The molecule has 0 radical (unpaired) electrons. The first-order valence-corrected chi connectivity index (χ1v) is 7.51. The van der Waals surface area contributed by atoms with Crippen molar-refractivity contribution in [3.63, 3.8) is 0 Å². The molecule has 0 aliphatic heterocycles. The Morgan fingerprint density at radius 3 is 2.68 bits per heavy atom. The number of fused-ring (bicyclic) bond motifs is 1. The molecular formula is C16H12BrFN2O2. The van der Waals surface area contributed by atoms with E-state index in [2.05, 4.69) is 21.0 Å². The van der Waals surface area contributed by atoms with Gasteiger partial charge in [-0.2, -0.15) is 5.10 Å². The number of ether oxygens (including phenoxy) is 1. The van der Waals surface area contributed by atoms with E-state index in [-0.39, 0.29) is 12.4 Å². The second-order valence-corrected chi connectivity index (χ2v) is 5.53. The van der Waals surface area contributed by atoms with E-state index in [0.29, 0.717) is 22.3 Å². The molecule has 6 heteroatoms. The molecule has 2 aromatic carbocycles. The highest BCUT2D eigenvalue weighted by molar-refractivity contribution is 9.10. The first-order chi connectivity index (χ1) is 10.6. The Labute approximate surface area is 134 Å². The van der Waals surface area contributed by atoms with Crippen molar-refractivity contribution in [3.05, 3.63) is 58.4 Å². The Bertz CT molecular complexity index is 843. The van der Waals surface area contributed by atoms with Crippen LogP contribution in [0, 0.1) is 5.82 Å². The monoisotopic (exact) mass is 362 g/mol. The molecule has 22 heavy (non-hydrogen) atoms. The molecule has 4 nitrogen and oxygen atoms in total. The van der Waals surface area contributed by atoms with Crippen LogP contribution in [0.2, 0.25) is 0 Å². The van der Waals surface area contributed by atoms with Gasteiger partial charge in [0.2, 0.25) is 0 Å². The SMILES string of the molecule is CCOC(=O)c1c2cc(Br)ccc2nn1-c1ccc(F)cc1. The summed E-state index contributed by atoms with van der Waals surface area (Å²) in [6, 6.07) is 11.3. The van der Waals surface area contributed by atoms with Crippen LogP contribution in [-0.2, 0) is 4.74 Å². The second kappa shape index (κ2) is 5.88. The third kappa shape index (κ3) is 2.62. The van der Waals surface area contributed by atoms with E-state index in [1.165, 1.54) is 16.8 Å². The van der Waals surface area contributed by atoms with E-state index < -0.39 is 5.97 Å². The normalized spacial score (nSPS) is 10.9. The fourth-order valence-corrected chi connectivity index (χ4v) is 2.58. The molecule has 0 saturated carbocycles. The molecule has 0 bridgehead atoms. The zero-order valence-corrected chi connectivity index (χ0v) is 13.3. The van der Waals surface area contributed by atoms with E-state index in [1.54, 1.807) is 19.1 Å². The molecule has 0 aliphatic rings. The number of benzene rings is 2. The second-order valence-electron chi connectivity index (χ2n) is 4.62. The molecule has 0 aliphatic carbocycles. The van der Waals surface area contributed by atoms with Gasteiger partial charge < -0.3 is 4.74 Å². The first-order valence-electron chi connectivity index (χ1n) is 6.71. The van der Waals surface area contributed by atoms with Crippen LogP contribution in [0.15, 0.2) is 46.9 Å². The maximum atomic E-state index is 13.1. The van der Waals surface area contributed by atoms with Gasteiger partial charge in [-0.3, -0.25) is 0 Å². The Morgan fingerprint density at radius 2 is 2.00 bits per heavy atom. The number of esters is 1. The van der Waals surface area contributed by atoms with Crippen molar-refractivity contribution in [2.24, 2.45) is 0 Å². The van der Waals surface area contributed by atoms with Gasteiger partial charge in [-0.1, -0.05) is 15.9 Å². The van der Waals surface area contributed by atoms with Crippen molar-refractivity contribution in [3.8, 4) is 5.69 Å². The van der Waals surface area contributed by atoms with E-state index >= 15 is 0 Å². The molecule has 0 saturated heterocycles. The zero-order chi connectivity index (χ0) is 15.7. The van der Waals surface area contributed by atoms with Crippen LogP contribution >= 0.6 is 15.9 Å². The molecule has 1 heterocycles. The molecule has 0 atom stereocenters. The summed E-state index contributed by atoms with van der Waals surface area (Å²) in [7, 11) is 0. The number of rotatable bonds is 3. The summed E-state index contributed by atoms with van der Waals surface area (Å²) in [5.41, 5.74) is 1.58. The maximum Gasteiger partial charge on any atom is 0.357 e. The molecule has 0 amide bonds. The van der Waals surface area contributed by atoms with Crippen LogP contribution in [0.1, 0.15) is 17.4 Å².